The van der Waals surface area contributed by atoms with Gasteiger partial charge in [0.25, 0.3) is 0 Å². The number of carbonyl (C=O) groups excluding carboxylic acids is 1. The number of hydrogen-bond acceptors (Lipinski definition) is 3. The zero-order valence-corrected chi connectivity index (χ0v) is 19.0. The van der Waals surface area contributed by atoms with Gasteiger partial charge < -0.3 is 19.9 Å². The van der Waals surface area contributed by atoms with Crippen LogP contribution in [0.4, 0.5) is 0 Å². The summed E-state index contributed by atoms with van der Waals surface area (Å²) in [6, 6.07) is 7.93. The van der Waals surface area contributed by atoms with Gasteiger partial charge in [0.1, 0.15) is 0 Å². The second-order valence-corrected chi connectivity index (χ2v) is 9.60. The molecule has 1 N–H and O–H groups in total. The predicted octanol–water partition coefficient (Wildman–Crippen LogP) is 2.81. The summed E-state index contributed by atoms with van der Waals surface area (Å²) in [5, 5.41) is 4.43. The molecule has 1 aromatic rings. The lowest BCUT2D eigenvalue weighted by atomic mass is 9.57. The minimum absolute atomic E-state index is 0.115. The van der Waals surface area contributed by atoms with Crippen molar-refractivity contribution in [3.8, 4) is 0 Å². The number of benzene rings is 1. The molecule has 3 fully saturated rings. The molecule has 0 radical (unpaired) electrons. The lowest BCUT2D eigenvalue weighted by Crippen LogP contribution is -2.68. The number of carbonyl (C=O) groups is 1. The van der Waals surface area contributed by atoms with E-state index in [2.05, 4.69) is 31.0 Å². The van der Waals surface area contributed by atoms with E-state index < -0.39 is 0 Å². The van der Waals surface area contributed by atoms with Gasteiger partial charge in [-0.25, -0.2) is 0 Å². The molecule has 2 heterocycles. The molecule has 0 spiro atoms. The van der Waals surface area contributed by atoms with Crippen molar-refractivity contribution < 1.29 is 9.53 Å². The first-order valence-corrected chi connectivity index (χ1v) is 11.5. The van der Waals surface area contributed by atoms with Crippen LogP contribution in [0.25, 0.3) is 0 Å². The topological polar surface area (TPSA) is 57.2 Å². The Kier molecular flexibility index (Phi) is 6.26. The fraction of sp³-hybridized carbons (Fsp3) is 0.652. The van der Waals surface area contributed by atoms with Crippen LogP contribution in [0, 0.1) is 11.3 Å². The van der Waals surface area contributed by atoms with Crippen LogP contribution in [0.3, 0.4) is 0 Å². The highest BCUT2D eigenvalue weighted by atomic mass is 35.5. The van der Waals surface area contributed by atoms with Gasteiger partial charge in [-0.1, -0.05) is 37.6 Å². The maximum absolute atomic E-state index is 12.7. The molecule has 3 unspecified atom stereocenters. The summed E-state index contributed by atoms with van der Waals surface area (Å²) in [5.41, 5.74) is 1.08. The van der Waals surface area contributed by atoms with Crippen LogP contribution in [-0.2, 0) is 16.0 Å². The number of guanidine groups is 1. The van der Waals surface area contributed by atoms with E-state index in [-0.39, 0.29) is 11.3 Å². The molecule has 3 atom stereocenters. The highest BCUT2D eigenvalue weighted by molar-refractivity contribution is 6.30. The minimum Gasteiger partial charge on any atom is -0.377 e. The maximum Gasteiger partial charge on any atom is 0.227 e. The van der Waals surface area contributed by atoms with Crippen molar-refractivity contribution in [1.82, 2.24) is 15.1 Å². The Labute approximate surface area is 184 Å². The van der Waals surface area contributed by atoms with Crippen molar-refractivity contribution in [2.24, 2.45) is 16.3 Å². The predicted molar refractivity (Wildman–Crippen MR) is 120 cm³/mol. The number of nitrogens with zero attached hydrogens (tertiary/aromatic N) is 3. The number of halogens is 1. The quantitative estimate of drug-likeness (QED) is 0.587. The van der Waals surface area contributed by atoms with Gasteiger partial charge >= 0.3 is 0 Å². The van der Waals surface area contributed by atoms with Crippen molar-refractivity contribution in [2.75, 3.05) is 39.3 Å². The van der Waals surface area contributed by atoms with E-state index >= 15 is 0 Å². The summed E-state index contributed by atoms with van der Waals surface area (Å²) in [5.74, 6) is 1.70. The molecule has 1 aliphatic carbocycles. The number of ether oxygens (including phenoxy) is 1. The smallest absolute Gasteiger partial charge is 0.227 e. The van der Waals surface area contributed by atoms with Gasteiger partial charge in [-0.2, -0.15) is 0 Å². The van der Waals surface area contributed by atoms with E-state index in [9.17, 15) is 4.79 Å². The minimum atomic E-state index is 0.115. The number of piperazine rings is 1. The first-order valence-electron chi connectivity index (χ1n) is 11.1. The first-order chi connectivity index (χ1) is 14.4. The molecule has 3 aliphatic rings. The van der Waals surface area contributed by atoms with Gasteiger partial charge in [-0.05, 0) is 31.0 Å². The zero-order chi connectivity index (χ0) is 21.3. The standard InChI is InChI=1S/C23H33ClN4O2/c1-4-25-22(26-20-18-8-13-30-21(18)23(20,2)3)28-11-9-27(10-12-28)19(29)15-16-6-5-7-17(24)14-16/h5-7,14,18,20-21H,4,8-13,15H2,1-3H3,(H,25,26). The molecular weight excluding hydrogens is 400 g/mol. The number of fused-ring (bicyclic) bond motifs is 1. The first kappa shape index (κ1) is 21.4. The maximum atomic E-state index is 12.7. The van der Waals surface area contributed by atoms with Crippen molar-refractivity contribution in [3.63, 3.8) is 0 Å². The van der Waals surface area contributed by atoms with Crippen molar-refractivity contribution in [2.45, 2.75) is 45.8 Å². The fourth-order valence-electron chi connectivity index (χ4n) is 5.24. The number of aliphatic imine (C=N–C) groups is 1. The molecule has 2 saturated heterocycles. The van der Waals surface area contributed by atoms with Crippen LogP contribution in [0.5, 0.6) is 0 Å². The molecular formula is C23H33ClN4O2. The summed E-state index contributed by atoms with van der Waals surface area (Å²) in [6.45, 7) is 11.3. The third kappa shape index (κ3) is 4.17. The lowest BCUT2D eigenvalue weighted by Gasteiger charge is -2.55. The van der Waals surface area contributed by atoms with Gasteiger partial charge in [0, 0.05) is 61.7 Å². The average molecular weight is 433 g/mol. The van der Waals surface area contributed by atoms with E-state index in [0.29, 0.717) is 42.6 Å². The fourth-order valence-corrected chi connectivity index (χ4v) is 5.46. The highest BCUT2D eigenvalue weighted by Crippen LogP contribution is 2.52. The van der Waals surface area contributed by atoms with E-state index in [4.69, 9.17) is 21.3 Å². The Morgan fingerprint density at radius 3 is 2.70 bits per heavy atom. The van der Waals surface area contributed by atoms with Crippen LogP contribution < -0.4 is 5.32 Å². The van der Waals surface area contributed by atoms with E-state index in [1.54, 1.807) is 0 Å². The average Bonchev–Trinajstić information content (AvgIpc) is 3.18. The van der Waals surface area contributed by atoms with Gasteiger partial charge in [-0.15, -0.1) is 0 Å². The molecule has 7 heteroatoms. The summed E-state index contributed by atoms with van der Waals surface area (Å²) < 4.78 is 5.94. The number of hydrogen-bond donors (Lipinski definition) is 1. The van der Waals surface area contributed by atoms with Crippen molar-refractivity contribution in [1.29, 1.82) is 0 Å². The van der Waals surface area contributed by atoms with E-state index in [1.165, 1.54) is 0 Å². The monoisotopic (exact) mass is 432 g/mol. The van der Waals surface area contributed by atoms with Gasteiger partial charge in [-0.3, -0.25) is 9.79 Å². The Morgan fingerprint density at radius 2 is 2.00 bits per heavy atom. The van der Waals surface area contributed by atoms with Crippen LogP contribution >= 0.6 is 11.6 Å². The third-order valence-electron chi connectivity index (χ3n) is 6.87. The lowest BCUT2D eigenvalue weighted by molar-refractivity contribution is -0.131. The molecule has 4 rings (SSSR count). The Morgan fingerprint density at radius 1 is 1.27 bits per heavy atom. The number of rotatable bonds is 4. The van der Waals surface area contributed by atoms with Crippen LogP contribution in [0.2, 0.25) is 5.02 Å². The van der Waals surface area contributed by atoms with Crippen molar-refractivity contribution in [3.05, 3.63) is 34.9 Å². The summed E-state index contributed by atoms with van der Waals surface area (Å²) in [6.07, 6.45) is 1.88. The van der Waals surface area contributed by atoms with Crippen LogP contribution in [0.1, 0.15) is 32.8 Å². The Bertz CT molecular complexity index is 804. The van der Waals surface area contributed by atoms with Crippen molar-refractivity contribution >= 4 is 23.5 Å². The Balaban J connectivity index is 1.33. The second-order valence-electron chi connectivity index (χ2n) is 9.16. The molecule has 1 amide bonds. The van der Waals surface area contributed by atoms with Crippen LogP contribution in [-0.4, -0.2) is 73.1 Å². The summed E-state index contributed by atoms with van der Waals surface area (Å²) in [7, 11) is 0. The second kappa shape index (κ2) is 8.75. The van der Waals surface area contributed by atoms with Gasteiger partial charge in [0.2, 0.25) is 5.91 Å². The van der Waals surface area contributed by atoms with Gasteiger partial charge in [0.15, 0.2) is 5.96 Å². The molecule has 30 heavy (non-hydrogen) atoms. The summed E-state index contributed by atoms with van der Waals surface area (Å²) in [4.78, 5) is 21.7. The molecule has 164 valence electrons. The third-order valence-corrected chi connectivity index (χ3v) is 7.10. The zero-order valence-electron chi connectivity index (χ0n) is 18.2. The van der Waals surface area contributed by atoms with E-state index in [0.717, 1.165) is 44.2 Å². The van der Waals surface area contributed by atoms with E-state index in [1.807, 2.05) is 29.2 Å². The highest BCUT2D eigenvalue weighted by Gasteiger charge is 2.59. The summed E-state index contributed by atoms with van der Waals surface area (Å²) >= 11 is 6.05. The largest absolute Gasteiger partial charge is 0.377 e. The number of amides is 1. The SMILES string of the molecule is CCN=C(NC1C2CCOC2C1(C)C)N1CCN(C(=O)Cc2cccc(Cl)c2)CC1. The molecule has 0 bridgehead atoms. The molecule has 1 aromatic carbocycles. The normalized spacial score (nSPS) is 28.1. The molecule has 6 nitrogen and oxygen atoms in total. The molecule has 0 aromatic heterocycles. The molecule has 2 aliphatic heterocycles. The van der Waals surface area contributed by atoms with Gasteiger partial charge in [0.05, 0.1) is 12.5 Å². The number of nitrogens with one attached hydrogen (secondary N) is 1. The molecule has 1 saturated carbocycles. The Hall–Kier alpha value is -1.79. The van der Waals surface area contributed by atoms with Crippen LogP contribution in [0.15, 0.2) is 29.3 Å².